The molecule has 1 aliphatic heterocycles. The molecule has 0 aromatic carbocycles. The van der Waals surface area contributed by atoms with Gasteiger partial charge in [0.15, 0.2) is 0 Å². The van der Waals surface area contributed by atoms with Crippen LogP contribution in [0.4, 0.5) is 0 Å². The highest BCUT2D eigenvalue weighted by Gasteiger charge is 2.19. The van der Waals surface area contributed by atoms with Crippen LogP contribution >= 0.6 is 11.6 Å². The predicted octanol–water partition coefficient (Wildman–Crippen LogP) is 1.99. The first-order chi connectivity index (χ1) is 6.74. The predicted molar refractivity (Wildman–Crippen MR) is 52.1 cm³/mol. The summed E-state index contributed by atoms with van der Waals surface area (Å²) in [6, 6.07) is 2.08. The van der Waals surface area contributed by atoms with Gasteiger partial charge in [0.2, 0.25) is 0 Å². The lowest BCUT2D eigenvalue weighted by atomic mass is 9.98. The summed E-state index contributed by atoms with van der Waals surface area (Å²) in [7, 11) is 0. The zero-order chi connectivity index (χ0) is 10.1. The van der Waals surface area contributed by atoms with Crippen molar-refractivity contribution in [3.8, 4) is 6.07 Å². The number of halogens is 1. The van der Waals surface area contributed by atoms with Crippen LogP contribution < -0.4 is 0 Å². The molecule has 72 valence electrons. The molecule has 0 saturated carbocycles. The smallest absolute Gasteiger partial charge is 0.147 e. The standard InChI is InChI=1S/C10H9ClN2O/c1-6-7-2-3-14-5-9(7)8(4-12)10(11)13-6/h2-3,5H2,1H3. The van der Waals surface area contributed by atoms with E-state index in [-0.39, 0.29) is 5.15 Å². The third-order valence-electron chi connectivity index (χ3n) is 2.43. The summed E-state index contributed by atoms with van der Waals surface area (Å²) in [5.41, 5.74) is 3.41. The Labute approximate surface area is 87.3 Å². The molecule has 0 bridgehead atoms. The Hall–Kier alpha value is -1.11. The Morgan fingerprint density at radius 2 is 2.29 bits per heavy atom. The topological polar surface area (TPSA) is 45.9 Å². The highest BCUT2D eigenvalue weighted by molar-refractivity contribution is 6.30. The Balaban J connectivity index is 2.69. The van der Waals surface area contributed by atoms with Crippen LogP contribution in [0.1, 0.15) is 22.4 Å². The fourth-order valence-corrected chi connectivity index (χ4v) is 2.00. The van der Waals surface area contributed by atoms with Crippen molar-refractivity contribution in [2.75, 3.05) is 6.61 Å². The molecule has 0 unspecified atom stereocenters. The molecule has 1 aromatic heterocycles. The van der Waals surface area contributed by atoms with Crippen LogP contribution in [-0.2, 0) is 17.8 Å². The molecule has 14 heavy (non-hydrogen) atoms. The molecular formula is C10H9ClN2O. The first kappa shape index (κ1) is 9.45. The maximum Gasteiger partial charge on any atom is 0.147 e. The number of nitrogens with zero attached hydrogens (tertiary/aromatic N) is 2. The maximum atomic E-state index is 8.94. The van der Waals surface area contributed by atoms with Crippen LogP contribution in [0.3, 0.4) is 0 Å². The summed E-state index contributed by atoms with van der Waals surface area (Å²) in [4.78, 5) is 4.15. The molecular weight excluding hydrogens is 200 g/mol. The van der Waals surface area contributed by atoms with E-state index in [0.29, 0.717) is 18.8 Å². The average Bonchev–Trinajstić information content (AvgIpc) is 2.18. The van der Waals surface area contributed by atoms with Crippen LogP contribution in [0.2, 0.25) is 5.15 Å². The zero-order valence-electron chi connectivity index (χ0n) is 7.80. The minimum Gasteiger partial charge on any atom is -0.376 e. The maximum absolute atomic E-state index is 8.94. The van der Waals surface area contributed by atoms with Gasteiger partial charge in [-0.05, 0) is 18.9 Å². The number of hydrogen-bond acceptors (Lipinski definition) is 3. The van der Waals surface area contributed by atoms with Crippen molar-refractivity contribution in [2.24, 2.45) is 0 Å². The number of fused-ring (bicyclic) bond motifs is 1. The van der Waals surface area contributed by atoms with E-state index in [1.807, 2.05) is 6.92 Å². The number of nitriles is 1. The lowest BCUT2D eigenvalue weighted by Crippen LogP contribution is -2.14. The van der Waals surface area contributed by atoms with E-state index in [4.69, 9.17) is 21.6 Å². The Morgan fingerprint density at radius 1 is 1.50 bits per heavy atom. The SMILES string of the molecule is Cc1nc(Cl)c(C#N)c2c1CCOC2. The van der Waals surface area contributed by atoms with E-state index < -0.39 is 0 Å². The van der Waals surface area contributed by atoms with E-state index in [9.17, 15) is 0 Å². The van der Waals surface area contributed by atoms with Gasteiger partial charge >= 0.3 is 0 Å². The largest absolute Gasteiger partial charge is 0.376 e. The van der Waals surface area contributed by atoms with Gasteiger partial charge in [0.05, 0.1) is 18.8 Å². The molecule has 1 aromatic rings. The number of aromatic nitrogens is 1. The van der Waals surface area contributed by atoms with Gasteiger partial charge in [0.25, 0.3) is 0 Å². The Bertz CT molecular complexity index is 423. The van der Waals surface area contributed by atoms with Gasteiger partial charge in [-0.2, -0.15) is 5.26 Å². The second-order valence-corrected chi connectivity index (χ2v) is 3.59. The molecule has 0 N–H and O–H groups in total. The van der Waals surface area contributed by atoms with E-state index in [2.05, 4.69) is 11.1 Å². The van der Waals surface area contributed by atoms with E-state index in [1.165, 1.54) is 0 Å². The summed E-state index contributed by atoms with van der Waals surface area (Å²) < 4.78 is 5.31. The lowest BCUT2D eigenvalue weighted by Gasteiger charge is -2.19. The molecule has 3 nitrogen and oxygen atoms in total. The molecule has 0 radical (unpaired) electrons. The van der Waals surface area contributed by atoms with Crippen molar-refractivity contribution in [2.45, 2.75) is 20.0 Å². The molecule has 1 aliphatic rings. The fourth-order valence-electron chi connectivity index (χ4n) is 1.72. The Morgan fingerprint density at radius 3 is 3.00 bits per heavy atom. The monoisotopic (exact) mass is 208 g/mol. The van der Waals surface area contributed by atoms with E-state index >= 15 is 0 Å². The summed E-state index contributed by atoms with van der Waals surface area (Å²) in [5, 5.41) is 9.22. The van der Waals surface area contributed by atoms with Crippen LogP contribution in [0, 0.1) is 18.3 Å². The lowest BCUT2D eigenvalue weighted by molar-refractivity contribution is 0.110. The molecule has 0 amide bonds. The summed E-state index contributed by atoms with van der Waals surface area (Å²) >= 11 is 5.88. The number of hydrogen-bond donors (Lipinski definition) is 0. The molecule has 0 spiro atoms. The first-order valence-corrected chi connectivity index (χ1v) is 4.77. The van der Waals surface area contributed by atoms with E-state index in [0.717, 1.165) is 23.2 Å². The number of rotatable bonds is 0. The van der Waals surface area contributed by atoms with Gasteiger partial charge in [-0.15, -0.1) is 0 Å². The molecule has 0 saturated heterocycles. The quantitative estimate of drug-likeness (QED) is 0.613. The molecule has 0 atom stereocenters. The van der Waals surface area contributed by atoms with Crippen molar-refractivity contribution in [1.29, 1.82) is 5.26 Å². The highest BCUT2D eigenvalue weighted by Crippen LogP contribution is 2.27. The van der Waals surface area contributed by atoms with Crippen molar-refractivity contribution in [3.05, 3.63) is 27.5 Å². The van der Waals surface area contributed by atoms with Crippen LogP contribution in [0.25, 0.3) is 0 Å². The van der Waals surface area contributed by atoms with Crippen molar-refractivity contribution < 1.29 is 4.74 Å². The second kappa shape index (κ2) is 3.56. The fraction of sp³-hybridized carbons (Fsp3) is 0.400. The van der Waals surface area contributed by atoms with E-state index in [1.54, 1.807) is 0 Å². The first-order valence-electron chi connectivity index (χ1n) is 4.39. The summed E-state index contributed by atoms with van der Waals surface area (Å²) in [6.45, 7) is 3.08. The minimum absolute atomic E-state index is 0.286. The normalized spacial score (nSPS) is 14.6. The van der Waals surface area contributed by atoms with Gasteiger partial charge in [0.1, 0.15) is 11.2 Å². The summed E-state index contributed by atoms with van der Waals surface area (Å²) in [5.74, 6) is 0. The van der Waals surface area contributed by atoms with Gasteiger partial charge in [0, 0.05) is 11.3 Å². The van der Waals surface area contributed by atoms with Crippen LogP contribution in [0.15, 0.2) is 0 Å². The molecule has 2 rings (SSSR count). The van der Waals surface area contributed by atoms with Crippen molar-refractivity contribution in [3.63, 3.8) is 0 Å². The van der Waals surface area contributed by atoms with Crippen LogP contribution in [-0.4, -0.2) is 11.6 Å². The molecule has 2 heterocycles. The third-order valence-corrected chi connectivity index (χ3v) is 2.70. The minimum atomic E-state index is 0.286. The molecule has 0 aliphatic carbocycles. The zero-order valence-corrected chi connectivity index (χ0v) is 8.56. The van der Waals surface area contributed by atoms with Crippen LogP contribution in [0.5, 0.6) is 0 Å². The average molecular weight is 209 g/mol. The Kier molecular flexibility index (Phi) is 2.40. The molecule has 4 heteroatoms. The molecule has 0 fully saturated rings. The van der Waals surface area contributed by atoms with Gasteiger partial charge in [-0.25, -0.2) is 4.98 Å². The second-order valence-electron chi connectivity index (χ2n) is 3.23. The highest BCUT2D eigenvalue weighted by atomic mass is 35.5. The summed E-state index contributed by atoms with van der Waals surface area (Å²) in [6.07, 6.45) is 0.819. The van der Waals surface area contributed by atoms with Gasteiger partial charge in [-0.3, -0.25) is 0 Å². The van der Waals surface area contributed by atoms with Crippen molar-refractivity contribution >= 4 is 11.6 Å². The number of aryl methyl sites for hydroxylation is 1. The number of pyridine rings is 1. The van der Waals surface area contributed by atoms with Crippen molar-refractivity contribution in [1.82, 2.24) is 4.98 Å². The third kappa shape index (κ3) is 1.37. The van der Waals surface area contributed by atoms with Gasteiger partial charge in [-0.1, -0.05) is 11.6 Å². The van der Waals surface area contributed by atoms with Gasteiger partial charge < -0.3 is 4.74 Å². The number of ether oxygens (including phenoxy) is 1.